The van der Waals surface area contributed by atoms with Crippen LogP contribution in [0.2, 0.25) is 5.02 Å². The van der Waals surface area contributed by atoms with Crippen LogP contribution >= 0.6 is 43.5 Å². The molecule has 0 aliphatic heterocycles. The van der Waals surface area contributed by atoms with Gasteiger partial charge < -0.3 is 5.11 Å². The lowest BCUT2D eigenvalue weighted by molar-refractivity contribution is 0.208. The summed E-state index contributed by atoms with van der Waals surface area (Å²) in [6, 6.07) is 5.22. The maximum absolute atomic E-state index is 10.3. The molecule has 0 saturated heterocycles. The van der Waals surface area contributed by atoms with Crippen LogP contribution in [0.5, 0.6) is 0 Å². The zero-order valence-electron chi connectivity index (χ0n) is 8.73. The smallest absolute Gasteiger partial charge is 0.154 e. The lowest BCUT2D eigenvalue weighted by atomic mass is 10.1. The maximum Gasteiger partial charge on any atom is 0.154 e. The first-order valence-corrected chi connectivity index (χ1v) is 6.65. The number of aliphatic hydroxyl groups is 1. The first kappa shape index (κ1) is 13.0. The lowest BCUT2D eigenvalue weighted by Gasteiger charge is -2.13. The van der Waals surface area contributed by atoms with E-state index < -0.39 is 6.10 Å². The zero-order chi connectivity index (χ0) is 12.6. The average Bonchev–Trinajstić information content (AvgIpc) is 2.58. The van der Waals surface area contributed by atoms with Gasteiger partial charge in [-0.25, -0.2) is 4.68 Å². The summed E-state index contributed by atoms with van der Waals surface area (Å²) in [5, 5.41) is 18.6. The van der Waals surface area contributed by atoms with Crippen molar-refractivity contribution >= 4 is 43.5 Å². The summed E-state index contributed by atoms with van der Waals surface area (Å²) in [6.45, 7) is 0. The van der Waals surface area contributed by atoms with Crippen molar-refractivity contribution in [2.75, 3.05) is 0 Å². The number of halogens is 3. The van der Waals surface area contributed by atoms with E-state index in [0.717, 1.165) is 4.47 Å². The molecule has 0 fully saturated rings. The molecule has 0 amide bonds. The molecule has 4 nitrogen and oxygen atoms in total. The van der Waals surface area contributed by atoms with Crippen LogP contribution in [0.1, 0.15) is 17.4 Å². The number of aliphatic hydroxyl groups excluding tert-OH is 1. The molecule has 0 aliphatic carbocycles. The van der Waals surface area contributed by atoms with Gasteiger partial charge in [0.2, 0.25) is 0 Å². The number of rotatable bonds is 2. The van der Waals surface area contributed by atoms with Gasteiger partial charge in [-0.2, -0.15) is 0 Å². The Labute approximate surface area is 120 Å². The van der Waals surface area contributed by atoms with Crippen molar-refractivity contribution < 1.29 is 5.11 Å². The average molecular weight is 381 g/mol. The van der Waals surface area contributed by atoms with E-state index in [-0.39, 0.29) is 0 Å². The van der Waals surface area contributed by atoms with Gasteiger partial charge in [-0.05, 0) is 28.1 Å². The number of aryl methyl sites for hydroxylation is 1. The van der Waals surface area contributed by atoms with Gasteiger partial charge in [-0.15, -0.1) is 5.10 Å². The van der Waals surface area contributed by atoms with Crippen LogP contribution in [0.3, 0.4) is 0 Å². The fourth-order valence-corrected chi connectivity index (χ4v) is 2.94. The Kier molecular flexibility index (Phi) is 3.87. The number of benzene rings is 1. The third-order valence-corrected chi connectivity index (χ3v) is 3.83. The summed E-state index contributed by atoms with van der Waals surface area (Å²) in [5.41, 5.74) is 1.30. The molecule has 1 N–H and O–H groups in total. The molecule has 1 heterocycles. The molecule has 2 aromatic rings. The first-order chi connectivity index (χ1) is 8.00. The van der Waals surface area contributed by atoms with Crippen molar-refractivity contribution in [3.63, 3.8) is 0 Å². The Hall–Kier alpha value is -0.430. The normalized spacial score (nSPS) is 12.8. The molecule has 2 rings (SSSR count). The molecule has 1 aromatic heterocycles. The minimum atomic E-state index is -0.823. The Bertz CT molecular complexity index is 539. The molecule has 0 radical (unpaired) electrons. The highest BCUT2D eigenvalue weighted by molar-refractivity contribution is 9.10. The maximum atomic E-state index is 10.3. The predicted molar refractivity (Wildman–Crippen MR) is 71.9 cm³/mol. The summed E-state index contributed by atoms with van der Waals surface area (Å²) in [4.78, 5) is 0. The monoisotopic (exact) mass is 379 g/mol. The fourth-order valence-electron chi connectivity index (χ4n) is 1.50. The minimum absolute atomic E-state index is 0.523. The van der Waals surface area contributed by atoms with E-state index in [1.807, 2.05) is 0 Å². The van der Waals surface area contributed by atoms with Crippen LogP contribution in [0, 0.1) is 0 Å². The molecule has 1 aromatic carbocycles. The highest BCUT2D eigenvalue weighted by Crippen LogP contribution is 2.32. The van der Waals surface area contributed by atoms with Gasteiger partial charge >= 0.3 is 0 Å². The molecule has 0 saturated carbocycles. The van der Waals surface area contributed by atoms with E-state index in [1.165, 1.54) is 4.68 Å². The quantitative estimate of drug-likeness (QED) is 0.870. The molecule has 0 aliphatic rings. The third-order valence-electron chi connectivity index (χ3n) is 2.34. The van der Waals surface area contributed by atoms with Crippen LogP contribution in [-0.2, 0) is 7.05 Å². The molecular formula is C10H8Br2ClN3O. The fraction of sp³-hybridized carbons (Fsp3) is 0.200. The van der Waals surface area contributed by atoms with Crippen LogP contribution in [0.15, 0.2) is 27.3 Å². The second-order valence-electron chi connectivity index (χ2n) is 3.46. The van der Waals surface area contributed by atoms with Gasteiger partial charge in [0.1, 0.15) is 11.8 Å². The SMILES string of the molecule is Cn1nnc(Br)c1C(O)c1ccc(Cl)cc1Br. The molecular weight excluding hydrogens is 373 g/mol. The van der Waals surface area contributed by atoms with Crippen LogP contribution in [0.4, 0.5) is 0 Å². The molecule has 1 atom stereocenters. The number of nitrogens with zero attached hydrogens (tertiary/aromatic N) is 3. The summed E-state index contributed by atoms with van der Waals surface area (Å²) in [5.74, 6) is 0. The van der Waals surface area contributed by atoms with Crippen LogP contribution in [0.25, 0.3) is 0 Å². The van der Waals surface area contributed by atoms with E-state index in [2.05, 4.69) is 42.2 Å². The van der Waals surface area contributed by atoms with Gasteiger partial charge in [0.25, 0.3) is 0 Å². The summed E-state index contributed by atoms with van der Waals surface area (Å²) in [6.07, 6.45) is -0.823. The molecule has 0 bridgehead atoms. The van der Waals surface area contributed by atoms with E-state index in [1.54, 1.807) is 25.2 Å². The van der Waals surface area contributed by atoms with Gasteiger partial charge in [-0.1, -0.05) is 38.8 Å². The van der Waals surface area contributed by atoms with E-state index >= 15 is 0 Å². The largest absolute Gasteiger partial charge is 0.382 e. The molecule has 1 unspecified atom stereocenters. The van der Waals surface area contributed by atoms with E-state index in [9.17, 15) is 5.11 Å². The van der Waals surface area contributed by atoms with Crippen molar-refractivity contribution in [1.29, 1.82) is 0 Å². The van der Waals surface area contributed by atoms with Crippen molar-refractivity contribution in [1.82, 2.24) is 15.0 Å². The van der Waals surface area contributed by atoms with Gasteiger partial charge in [0.05, 0.1) is 0 Å². The second-order valence-corrected chi connectivity index (χ2v) is 5.50. The lowest BCUT2D eigenvalue weighted by Crippen LogP contribution is -2.07. The highest BCUT2D eigenvalue weighted by atomic mass is 79.9. The molecule has 0 spiro atoms. The molecule has 17 heavy (non-hydrogen) atoms. The van der Waals surface area contributed by atoms with Gasteiger partial charge in [0.15, 0.2) is 4.60 Å². The van der Waals surface area contributed by atoms with Crippen molar-refractivity contribution in [3.8, 4) is 0 Å². The topological polar surface area (TPSA) is 50.9 Å². The van der Waals surface area contributed by atoms with Crippen LogP contribution in [-0.4, -0.2) is 20.1 Å². The Morgan fingerprint density at radius 1 is 1.41 bits per heavy atom. The highest BCUT2D eigenvalue weighted by Gasteiger charge is 2.21. The molecule has 7 heteroatoms. The number of hydrogen-bond donors (Lipinski definition) is 1. The van der Waals surface area contributed by atoms with E-state index in [0.29, 0.717) is 20.9 Å². The van der Waals surface area contributed by atoms with Crippen LogP contribution < -0.4 is 0 Å². The third kappa shape index (κ3) is 2.54. The van der Waals surface area contributed by atoms with Crippen molar-refractivity contribution in [3.05, 3.63) is 43.6 Å². The number of hydrogen-bond acceptors (Lipinski definition) is 3. The molecule has 90 valence electrons. The zero-order valence-corrected chi connectivity index (χ0v) is 12.7. The second kappa shape index (κ2) is 5.06. The predicted octanol–water partition coefficient (Wildman–Crippen LogP) is 3.08. The summed E-state index contributed by atoms with van der Waals surface area (Å²) < 4.78 is 2.79. The Balaban J connectivity index is 2.47. The minimum Gasteiger partial charge on any atom is -0.382 e. The standard InChI is InChI=1S/C10H8Br2ClN3O/c1-16-8(10(12)14-15-16)9(17)6-3-2-5(13)4-7(6)11/h2-4,9,17H,1H3. The number of aromatic nitrogens is 3. The van der Waals surface area contributed by atoms with Gasteiger partial charge in [-0.3, -0.25) is 0 Å². The van der Waals surface area contributed by atoms with Crippen molar-refractivity contribution in [2.24, 2.45) is 7.05 Å². The first-order valence-electron chi connectivity index (χ1n) is 4.68. The van der Waals surface area contributed by atoms with E-state index in [4.69, 9.17) is 11.6 Å². The summed E-state index contributed by atoms with van der Waals surface area (Å²) in [7, 11) is 1.72. The van der Waals surface area contributed by atoms with Gasteiger partial charge in [0, 0.05) is 22.1 Å². The van der Waals surface area contributed by atoms with Crippen molar-refractivity contribution in [2.45, 2.75) is 6.10 Å². The Morgan fingerprint density at radius 3 is 2.65 bits per heavy atom. The summed E-state index contributed by atoms with van der Waals surface area (Å²) >= 11 is 12.5. The Morgan fingerprint density at radius 2 is 2.12 bits per heavy atom.